The highest BCUT2D eigenvalue weighted by atomic mass is 16.2. The zero-order valence-electron chi connectivity index (χ0n) is 15.1. The molecule has 2 aromatic rings. The standard InChI is InChI=1S/C22H26N2O/c1-18-8-6-12-21(19(18)2)22(25)24-16-14-23(15-17-24)13-7-11-20-9-4-3-5-10-20/h3-12H,13-17H2,1-2H3. The average Bonchev–Trinajstić information content (AvgIpc) is 2.65. The number of amides is 1. The van der Waals surface area contributed by atoms with Crippen LogP contribution in [0.2, 0.25) is 0 Å². The van der Waals surface area contributed by atoms with Gasteiger partial charge in [0, 0.05) is 38.3 Å². The Morgan fingerprint density at radius 1 is 0.960 bits per heavy atom. The van der Waals surface area contributed by atoms with Crippen LogP contribution in [0, 0.1) is 13.8 Å². The Labute approximate surface area is 150 Å². The minimum Gasteiger partial charge on any atom is -0.336 e. The zero-order chi connectivity index (χ0) is 17.6. The molecule has 1 heterocycles. The van der Waals surface area contributed by atoms with Gasteiger partial charge in [0.2, 0.25) is 0 Å². The monoisotopic (exact) mass is 334 g/mol. The molecule has 3 rings (SSSR count). The molecule has 3 heteroatoms. The van der Waals surface area contributed by atoms with E-state index in [1.807, 2.05) is 30.0 Å². The summed E-state index contributed by atoms with van der Waals surface area (Å²) in [6.45, 7) is 8.47. The van der Waals surface area contributed by atoms with E-state index in [1.54, 1.807) is 0 Å². The second-order valence-electron chi connectivity index (χ2n) is 6.65. The van der Waals surface area contributed by atoms with Crippen LogP contribution < -0.4 is 0 Å². The Morgan fingerprint density at radius 3 is 2.40 bits per heavy atom. The van der Waals surface area contributed by atoms with Crippen molar-refractivity contribution in [3.63, 3.8) is 0 Å². The summed E-state index contributed by atoms with van der Waals surface area (Å²) in [4.78, 5) is 17.2. The van der Waals surface area contributed by atoms with Crippen molar-refractivity contribution in [1.29, 1.82) is 0 Å². The molecule has 1 fully saturated rings. The number of piperazine rings is 1. The van der Waals surface area contributed by atoms with Crippen LogP contribution in [0.15, 0.2) is 54.6 Å². The molecule has 25 heavy (non-hydrogen) atoms. The molecule has 1 saturated heterocycles. The number of hydrogen-bond donors (Lipinski definition) is 0. The van der Waals surface area contributed by atoms with Gasteiger partial charge >= 0.3 is 0 Å². The summed E-state index contributed by atoms with van der Waals surface area (Å²) in [5.41, 5.74) is 4.35. The summed E-state index contributed by atoms with van der Waals surface area (Å²) in [5, 5.41) is 0. The Bertz CT molecular complexity index is 744. The van der Waals surface area contributed by atoms with E-state index in [4.69, 9.17) is 0 Å². The van der Waals surface area contributed by atoms with Gasteiger partial charge in [0.15, 0.2) is 0 Å². The molecule has 0 atom stereocenters. The lowest BCUT2D eigenvalue weighted by Gasteiger charge is -2.34. The predicted octanol–water partition coefficient (Wildman–Crippen LogP) is 3.77. The molecule has 3 nitrogen and oxygen atoms in total. The summed E-state index contributed by atoms with van der Waals surface area (Å²) in [6.07, 6.45) is 4.37. The maximum Gasteiger partial charge on any atom is 0.254 e. The molecule has 0 spiro atoms. The summed E-state index contributed by atoms with van der Waals surface area (Å²) in [7, 11) is 0. The molecule has 130 valence electrons. The van der Waals surface area contributed by atoms with Gasteiger partial charge in [0.1, 0.15) is 0 Å². The highest BCUT2D eigenvalue weighted by Gasteiger charge is 2.22. The van der Waals surface area contributed by atoms with Gasteiger partial charge in [-0.25, -0.2) is 0 Å². The van der Waals surface area contributed by atoms with E-state index in [-0.39, 0.29) is 5.91 Å². The van der Waals surface area contributed by atoms with Crippen molar-refractivity contribution in [2.75, 3.05) is 32.7 Å². The molecule has 0 aromatic heterocycles. The second-order valence-corrected chi connectivity index (χ2v) is 6.65. The lowest BCUT2D eigenvalue weighted by molar-refractivity contribution is 0.0649. The van der Waals surface area contributed by atoms with E-state index in [2.05, 4.69) is 54.3 Å². The minimum atomic E-state index is 0.167. The van der Waals surface area contributed by atoms with E-state index in [0.29, 0.717) is 0 Å². The average molecular weight is 334 g/mol. The van der Waals surface area contributed by atoms with Crippen LogP contribution in [0.25, 0.3) is 6.08 Å². The van der Waals surface area contributed by atoms with Crippen LogP contribution in [0.1, 0.15) is 27.0 Å². The van der Waals surface area contributed by atoms with E-state index in [9.17, 15) is 4.79 Å². The molecule has 1 amide bonds. The molecule has 0 aliphatic carbocycles. The van der Waals surface area contributed by atoms with Crippen molar-refractivity contribution >= 4 is 12.0 Å². The third-order valence-corrected chi connectivity index (χ3v) is 4.97. The number of carbonyl (C=O) groups excluding carboxylic acids is 1. The molecule has 0 bridgehead atoms. The van der Waals surface area contributed by atoms with Crippen molar-refractivity contribution < 1.29 is 4.79 Å². The number of benzene rings is 2. The fourth-order valence-electron chi connectivity index (χ4n) is 3.19. The maximum atomic E-state index is 12.8. The van der Waals surface area contributed by atoms with E-state index in [0.717, 1.165) is 43.9 Å². The summed E-state index contributed by atoms with van der Waals surface area (Å²) >= 11 is 0. The van der Waals surface area contributed by atoms with Crippen molar-refractivity contribution in [2.45, 2.75) is 13.8 Å². The number of hydrogen-bond acceptors (Lipinski definition) is 2. The molecule has 1 aliphatic rings. The largest absolute Gasteiger partial charge is 0.336 e. The molecule has 0 radical (unpaired) electrons. The fraction of sp³-hybridized carbons (Fsp3) is 0.318. The first-order valence-electron chi connectivity index (χ1n) is 8.94. The lowest BCUT2D eigenvalue weighted by atomic mass is 10.0. The minimum absolute atomic E-state index is 0.167. The van der Waals surface area contributed by atoms with Crippen molar-refractivity contribution in [3.8, 4) is 0 Å². The van der Waals surface area contributed by atoms with Crippen molar-refractivity contribution in [2.24, 2.45) is 0 Å². The third kappa shape index (κ3) is 4.37. The van der Waals surface area contributed by atoms with Crippen molar-refractivity contribution in [3.05, 3.63) is 76.9 Å². The van der Waals surface area contributed by atoms with Crippen LogP contribution in [0.3, 0.4) is 0 Å². The van der Waals surface area contributed by atoms with Crippen LogP contribution in [0.4, 0.5) is 0 Å². The first-order chi connectivity index (χ1) is 12.1. The molecule has 0 saturated carbocycles. The maximum absolute atomic E-state index is 12.8. The fourth-order valence-corrected chi connectivity index (χ4v) is 3.19. The van der Waals surface area contributed by atoms with Gasteiger partial charge in [0.25, 0.3) is 5.91 Å². The smallest absolute Gasteiger partial charge is 0.254 e. The normalized spacial score (nSPS) is 15.7. The SMILES string of the molecule is Cc1cccc(C(=O)N2CCN(CC=Cc3ccccc3)CC2)c1C. The van der Waals surface area contributed by atoms with E-state index in [1.165, 1.54) is 11.1 Å². The second kappa shape index (κ2) is 8.13. The van der Waals surface area contributed by atoms with Crippen LogP contribution in [-0.4, -0.2) is 48.4 Å². The number of nitrogens with zero attached hydrogens (tertiary/aromatic N) is 2. The molecular weight excluding hydrogens is 308 g/mol. The predicted molar refractivity (Wildman–Crippen MR) is 104 cm³/mol. The molecule has 0 unspecified atom stereocenters. The molecular formula is C22H26N2O. The Balaban J connectivity index is 1.52. The summed E-state index contributed by atoms with van der Waals surface area (Å²) in [6, 6.07) is 16.3. The van der Waals surface area contributed by atoms with E-state index < -0.39 is 0 Å². The van der Waals surface area contributed by atoms with Gasteiger partial charge in [-0.05, 0) is 36.6 Å². The molecule has 2 aromatic carbocycles. The lowest BCUT2D eigenvalue weighted by Crippen LogP contribution is -2.48. The van der Waals surface area contributed by atoms with Crippen molar-refractivity contribution in [1.82, 2.24) is 9.80 Å². The van der Waals surface area contributed by atoms with Gasteiger partial charge in [-0.3, -0.25) is 9.69 Å². The first kappa shape index (κ1) is 17.4. The molecule has 0 N–H and O–H groups in total. The Kier molecular flexibility index (Phi) is 5.67. The molecule has 1 aliphatic heterocycles. The zero-order valence-corrected chi connectivity index (χ0v) is 15.1. The van der Waals surface area contributed by atoms with Gasteiger partial charge in [-0.2, -0.15) is 0 Å². The highest BCUT2D eigenvalue weighted by molar-refractivity contribution is 5.96. The van der Waals surface area contributed by atoms with Crippen LogP contribution in [-0.2, 0) is 0 Å². The first-order valence-corrected chi connectivity index (χ1v) is 8.94. The third-order valence-electron chi connectivity index (χ3n) is 4.97. The number of aryl methyl sites for hydroxylation is 1. The van der Waals surface area contributed by atoms with Gasteiger partial charge in [-0.1, -0.05) is 54.6 Å². The summed E-state index contributed by atoms with van der Waals surface area (Å²) < 4.78 is 0. The van der Waals surface area contributed by atoms with Gasteiger partial charge in [0.05, 0.1) is 0 Å². The topological polar surface area (TPSA) is 23.6 Å². The summed E-state index contributed by atoms with van der Waals surface area (Å²) in [5.74, 6) is 0.167. The van der Waals surface area contributed by atoms with Crippen LogP contribution in [0.5, 0.6) is 0 Å². The van der Waals surface area contributed by atoms with Gasteiger partial charge < -0.3 is 4.90 Å². The van der Waals surface area contributed by atoms with E-state index >= 15 is 0 Å². The Morgan fingerprint density at radius 2 is 1.68 bits per heavy atom. The Hall–Kier alpha value is -2.39. The van der Waals surface area contributed by atoms with Crippen LogP contribution >= 0.6 is 0 Å². The van der Waals surface area contributed by atoms with Gasteiger partial charge in [-0.15, -0.1) is 0 Å². The number of carbonyl (C=O) groups is 1. The number of rotatable bonds is 4. The quantitative estimate of drug-likeness (QED) is 0.850. The highest BCUT2D eigenvalue weighted by Crippen LogP contribution is 2.16.